The van der Waals surface area contributed by atoms with Crippen LogP contribution in [0.2, 0.25) is 0 Å². The molecule has 2 aliphatic rings. The summed E-state index contributed by atoms with van der Waals surface area (Å²) in [5.41, 5.74) is 2.60. The van der Waals surface area contributed by atoms with Crippen LogP contribution in [0.25, 0.3) is 0 Å². The van der Waals surface area contributed by atoms with Gasteiger partial charge in [0.05, 0.1) is 18.2 Å². The molecule has 0 bridgehead atoms. The average molecular weight is 459 g/mol. The third-order valence-corrected chi connectivity index (χ3v) is 6.87. The number of aryl methyl sites for hydroxylation is 1. The van der Waals surface area contributed by atoms with Gasteiger partial charge in [0, 0.05) is 32.5 Å². The molecule has 1 unspecified atom stereocenters. The van der Waals surface area contributed by atoms with Crippen LogP contribution in [0.1, 0.15) is 42.2 Å². The minimum Gasteiger partial charge on any atom is -0.487 e. The van der Waals surface area contributed by atoms with Gasteiger partial charge in [-0.2, -0.15) is 5.10 Å². The number of amides is 1. The summed E-state index contributed by atoms with van der Waals surface area (Å²) in [4.78, 5) is 14.5. The Kier molecular flexibility index (Phi) is 6.45. The van der Waals surface area contributed by atoms with Gasteiger partial charge < -0.3 is 20.1 Å². The lowest BCUT2D eigenvalue weighted by Gasteiger charge is -2.44. The first-order valence-corrected chi connectivity index (χ1v) is 11.9. The van der Waals surface area contributed by atoms with Crippen LogP contribution < -0.4 is 15.0 Å². The van der Waals surface area contributed by atoms with Crippen LogP contribution in [0.4, 0.5) is 5.82 Å². The number of carbonyl (C=O) groups is 1. The highest BCUT2D eigenvalue weighted by atomic mass is 16.5. The number of aliphatic hydroxyl groups excluding tert-OH is 1. The van der Waals surface area contributed by atoms with Gasteiger partial charge in [0.15, 0.2) is 5.82 Å². The summed E-state index contributed by atoms with van der Waals surface area (Å²) in [6.45, 7) is 1.90. The van der Waals surface area contributed by atoms with Crippen molar-refractivity contribution < 1.29 is 14.6 Å². The summed E-state index contributed by atoms with van der Waals surface area (Å²) in [7, 11) is 0. The van der Waals surface area contributed by atoms with Gasteiger partial charge in [-0.25, -0.2) is 0 Å². The lowest BCUT2D eigenvalue weighted by molar-refractivity contribution is -0.121. The highest BCUT2D eigenvalue weighted by molar-refractivity contribution is 5.78. The van der Waals surface area contributed by atoms with Crippen molar-refractivity contribution in [2.45, 2.75) is 43.8 Å². The summed E-state index contributed by atoms with van der Waals surface area (Å²) >= 11 is 0. The third-order valence-electron chi connectivity index (χ3n) is 6.87. The number of aliphatic hydroxyl groups is 1. The number of piperidine rings is 1. The van der Waals surface area contributed by atoms with Crippen molar-refractivity contribution in [1.29, 1.82) is 0 Å². The van der Waals surface area contributed by atoms with E-state index in [1.54, 1.807) is 0 Å². The first kappa shape index (κ1) is 22.3. The highest BCUT2D eigenvalue weighted by Crippen LogP contribution is 2.39. The number of benzene rings is 2. The molecule has 0 saturated carbocycles. The van der Waals surface area contributed by atoms with Crippen LogP contribution in [0, 0.1) is 0 Å². The predicted octanol–water partition coefficient (Wildman–Crippen LogP) is 3.23. The summed E-state index contributed by atoms with van der Waals surface area (Å²) in [6.07, 6.45) is 3.42. The number of ether oxygens (including phenoxy) is 1. The SMILES string of the molecule is O=C(Cc1ccc(N2CCC3(CCc4ccccc4O3)CC2)nn1)NCC(O)c1ccccc1. The van der Waals surface area contributed by atoms with Crippen LogP contribution in [0.15, 0.2) is 66.7 Å². The average Bonchev–Trinajstić information content (AvgIpc) is 2.89. The Balaban J connectivity index is 1.11. The number of hydrogen-bond donors (Lipinski definition) is 2. The summed E-state index contributed by atoms with van der Waals surface area (Å²) < 4.78 is 6.45. The molecule has 7 heteroatoms. The second-order valence-corrected chi connectivity index (χ2v) is 9.17. The zero-order valence-electron chi connectivity index (χ0n) is 19.2. The summed E-state index contributed by atoms with van der Waals surface area (Å²) in [5, 5.41) is 21.6. The summed E-state index contributed by atoms with van der Waals surface area (Å²) in [6, 6.07) is 21.4. The van der Waals surface area contributed by atoms with Crippen LogP contribution >= 0.6 is 0 Å². The first-order valence-electron chi connectivity index (χ1n) is 11.9. The molecule has 1 fully saturated rings. The van der Waals surface area contributed by atoms with Crippen molar-refractivity contribution in [2.75, 3.05) is 24.5 Å². The largest absolute Gasteiger partial charge is 0.487 e. The number of aromatic nitrogens is 2. The van der Waals surface area contributed by atoms with Gasteiger partial charge in [0.2, 0.25) is 5.91 Å². The molecule has 3 aromatic rings. The van der Waals surface area contributed by atoms with E-state index in [9.17, 15) is 9.90 Å². The topological polar surface area (TPSA) is 87.6 Å². The van der Waals surface area contributed by atoms with Gasteiger partial charge in [-0.05, 0) is 42.2 Å². The fraction of sp³-hybridized carbons (Fsp3) is 0.370. The lowest BCUT2D eigenvalue weighted by Crippen LogP contribution is -2.50. The molecule has 1 amide bonds. The van der Waals surface area contributed by atoms with Crippen molar-refractivity contribution >= 4 is 11.7 Å². The molecule has 1 saturated heterocycles. The predicted molar refractivity (Wildman–Crippen MR) is 130 cm³/mol. The van der Waals surface area contributed by atoms with E-state index < -0.39 is 6.10 Å². The molecule has 1 aromatic heterocycles. The number of para-hydroxylation sites is 1. The van der Waals surface area contributed by atoms with Crippen LogP contribution in [-0.2, 0) is 17.6 Å². The molecule has 2 N–H and O–H groups in total. The van der Waals surface area contributed by atoms with Crippen molar-refractivity contribution in [1.82, 2.24) is 15.5 Å². The smallest absolute Gasteiger partial charge is 0.226 e. The van der Waals surface area contributed by atoms with Gasteiger partial charge in [-0.1, -0.05) is 48.5 Å². The molecular weight excluding hydrogens is 428 g/mol. The minimum atomic E-state index is -0.734. The number of rotatable bonds is 6. The second-order valence-electron chi connectivity index (χ2n) is 9.17. The fourth-order valence-electron chi connectivity index (χ4n) is 4.80. The minimum absolute atomic E-state index is 0.0827. The summed E-state index contributed by atoms with van der Waals surface area (Å²) in [5.74, 6) is 1.67. The molecule has 3 heterocycles. The van der Waals surface area contributed by atoms with Crippen LogP contribution in [0.5, 0.6) is 5.75 Å². The molecule has 1 spiro atoms. The molecule has 176 valence electrons. The molecular formula is C27H30N4O3. The maximum atomic E-state index is 12.3. The van der Waals surface area contributed by atoms with Crippen LogP contribution in [0.3, 0.4) is 0 Å². The fourth-order valence-corrected chi connectivity index (χ4v) is 4.80. The Morgan fingerprint density at radius 2 is 1.76 bits per heavy atom. The monoisotopic (exact) mass is 458 g/mol. The number of hydrogen-bond acceptors (Lipinski definition) is 6. The molecule has 2 aliphatic heterocycles. The van der Waals surface area contributed by atoms with Crippen molar-refractivity contribution in [3.8, 4) is 5.75 Å². The molecule has 7 nitrogen and oxygen atoms in total. The van der Waals surface area contributed by atoms with Gasteiger partial charge >= 0.3 is 0 Å². The van der Waals surface area contributed by atoms with Crippen molar-refractivity contribution in [3.63, 3.8) is 0 Å². The van der Waals surface area contributed by atoms with E-state index in [4.69, 9.17) is 4.74 Å². The number of nitrogens with one attached hydrogen (secondary N) is 1. The number of anilines is 1. The maximum Gasteiger partial charge on any atom is 0.226 e. The second kappa shape index (κ2) is 9.81. The first-order chi connectivity index (χ1) is 16.6. The Morgan fingerprint density at radius 3 is 2.53 bits per heavy atom. The van der Waals surface area contributed by atoms with E-state index in [0.29, 0.717) is 5.69 Å². The van der Waals surface area contributed by atoms with E-state index in [2.05, 4.69) is 38.6 Å². The molecule has 5 rings (SSSR count). The Hall–Kier alpha value is -3.45. The van der Waals surface area contributed by atoms with Crippen molar-refractivity contribution in [2.24, 2.45) is 0 Å². The Labute approximate surface area is 199 Å². The number of nitrogens with zero attached hydrogens (tertiary/aromatic N) is 3. The molecule has 0 radical (unpaired) electrons. The molecule has 1 atom stereocenters. The quantitative estimate of drug-likeness (QED) is 0.590. The standard InChI is InChI=1S/C27H30N4O3/c32-23(20-6-2-1-3-7-20)19-28-26(33)18-22-10-11-25(30-29-22)31-16-14-27(15-17-31)13-12-21-8-4-5-9-24(21)34-27/h1-11,23,32H,12-19H2,(H,28,33). The lowest BCUT2D eigenvalue weighted by atomic mass is 9.83. The number of fused-ring (bicyclic) bond motifs is 1. The van der Waals surface area contributed by atoms with Gasteiger partial charge in [0.25, 0.3) is 0 Å². The maximum absolute atomic E-state index is 12.3. The van der Waals surface area contributed by atoms with E-state index in [0.717, 1.165) is 55.9 Å². The van der Waals surface area contributed by atoms with Gasteiger partial charge in [-0.3, -0.25) is 4.79 Å². The Bertz CT molecular complexity index is 1110. The zero-order chi connectivity index (χ0) is 23.4. The molecule has 0 aliphatic carbocycles. The molecule has 2 aromatic carbocycles. The van der Waals surface area contributed by atoms with E-state index in [1.165, 1.54) is 5.56 Å². The van der Waals surface area contributed by atoms with Gasteiger partial charge in [0.1, 0.15) is 11.4 Å². The zero-order valence-corrected chi connectivity index (χ0v) is 19.2. The third kappa shape index (κ3) is 5.04. The Morgan fingerprint density at radius 1 is 1.00 bits per heavy atom. The van der Waals surface area contributed by atoms with E-state index >= 15 is 0 Å². The van der Waals surface area contributed by atoms with Crippen molar-refractivity contribution in [3.05, 3.63) is 83.6 Å². The van der Waals surface area contributed by atoms with Crippen LogP contribution in [-0.4, -0.2) is 46.4 Å². The molecule has 34 heavy (non-hydrogen) atoms. The van der Waals surface area contributed by atoms with E-state index in [-0.39, 0.29) is 24.5 Å². The highest BCUT2D eigenvalue weighted by Gasteiger charge is 2.39. The van der Waals surface area contributed by atoms with Gasteiger partial charge in [-0.15, -0.1) is 5.10 Å². The van der Waals surface area contributed by atoms with E-state index in [1.807, 2.05) is 48.5 Å². The normalized spacial score (nSPS) is 17.5. The number of carbonyl (C=O) groups excluding carboxylic acids is 1.